The van der Waals surface area contributed by atoms with Gasteiger partial charge in [-0.1, -0.05) is 97.1 Å². The first-order valence-corrected chi connectivity index (χ1v) is 19.4. The molecule has 0 aliphatic heterocycles. The number of aromatic nitrogens is 4. The third-order valence-electron chi connectivity index (χ3n) is 10.5. The van der Waals surface area contributed by atoms with Crippen molar-refractivity contribution in [1.29, 1.82) is 10.5 Å². The predicted octanol–water partition coefficient (Wildman–Crippen LogP) is 12.7. The van der Waals surface area contributed by atoms with Gasteiger partial charge >= 0.3 is 0 Å². The first kappa shape index (κ1) is 35.7. The van der Waals surface area contributed by atoms with E-state index in [1.807, 2.05) is 97.1 Å². The molecule has 0 saturated heterocycles. The molecule has 0 unspecified atom stereocenters. The van der Waals surface area contributed by atoms with Crippen LogP contribution in [0.2, 0.25) is 0 Å². The van der Waals surface area contributed by atoms with Crippen molar-refractivity contribution in [2.45, 2.75) is 0 Å². The lowest BCUT2D eigenvalue weighted by atomic mass is 10.0. The van der Waals surface area contributed by atoms with E-state index in [0.29, 0.717) is 32.8 Å². The molecule has 60 heavy (non-hydrogen) atoms. The van der Waals surface area contributed by atoms with Gasteiger partial charge in [0, 0.05) is 56.0 Å². The van der Waals surface area contributed by atoms with Gasteiger partial charge in [-0.05, 0) is 97.1 Å². The molecular formula is C52H32N8. The molecule has 280 valence electrons. The van der Waals surface area contributed by atoms with Crippen molar-refractivity contribution >= 4 is 67.0 Å². The highest BCUT2D eigenvalue weighted by Crippen LogP contribution is 2.39. The maximum atomic E-state index is 9.90. The third-order valence-corrected chi connectivity index (χ3v) is 10.5. The van der Waals surface area contributed by atoms with Gasteiger partial charge < -0.3 is 9.80 Å². The first-order valence-electron chi connectivity index (χ1n) is 19.4. The van der Waals surface area contributed by atoms with Crippen LogP contribution in [0.15, 0.2) is 194 Å². The SMILES string of the molecule is N#Cc1nc2c3ccc(-c4ccc(N(c5ccccc5)c5ccccc5)cc4)nc3c3nc(-c4ccc(N(c5ccccc5)c5ccccc5)cc4)ccc3c2nc1C#N. The van der Waals surface area contributed by atoms with Crippen molar-refractivity contribution in [3.05, 3.63) is 206 Å². The van der Waals surface area contributed by atoms with Gasteiger partial charge in [-0.25, -0.2) is 19.9 Å². The predicted molar refractivity (Wildman–Crippen MR) is 240 cm³/mol. The lowest BCUT2D eigenvalue weighted by molar-refractivity contribution is 1.20. The Balaban J connectivity index is 1.10. The molecule has 0 saturated carbocycles. The maximum absolute atomic E-state index is 9.90. The van der Waals surface area contributed by atoms with Crippen LogP contribution in [0, 0.1) is 22.7 Å². The lowest BCUT2D eigenvalue weighted by Crippen LogP contribution is -2.09. The van der Waals surface area contributed by atoms with Gasteiger partial charge in [-0.15, -0.1) is 0 Å². The van der Waals surface area contributed by atoms with Crippen LogP contribution in [-0.2, 0) is 0 Å². The van der Waals surface area contributed by atoms with E-state index in [2.05, 4.69) is 129 Å². The second kappa shape index (κ2) is 15.3. The van der Waals surface area contributed by atoms with Gasteiger partial charge in [-0.3, -0.25) is 0 Å². The third kappa shape index (κ3) is 6.47. The minimum absolute atomic E-state index is 0.0311. The minimum atomic E-state index is -0.0311. The standard InChI is InChI=1S/C52H32N8/c53-33-47-48(34-54)58-52-44-30-32-46(36-23-27-42(28-24-36)60(39-17-9-3-10-18-39)40-19-11-4-12-20-40)56-50(44)49-43(51(52)57-47)29-31-45(55-49)35-21-25-41(26-22-35)59(37-13-5-1-6-14-37)38-15-7-2-8-16-38/h1-32H. The molecule has 0 atom stereocenters. The molecule has 3 aromatic heterocycles. The van der Waals surface area contributed by atoms with Crippen molar-refractivity contribution in [3.8, 4) is 34.7 Å². The molecule has 0 amide bonds. The molecule has 0 radical (unpaired) electrons. The summed E-state index contributed by atoms with van der Waals surface area (Å²) in [5.41, 5.74) is 11.7. The van der Waals surface area contributed by atoms with Crippen LogP contribution in [0.3, 0.4) is 0 Å². The summed E-state index contributed by atoms with van der Waals surface area (Å²) in [6.07, 6.45) is 0. The summed E-state index contributed by atoms with van der Waals surface area (Å²) in [7, 11) is 0. The molecule has 3 heterocycles. The van der Waals surface area contributed by atoms with E-state index in [9.17, 15) is 10.5 Å². The van der Waals surface area contributed by atoms with Crippen LogP contribution < -0.4 is 9.80 Å². The number of hydrogen-bond donors (Lipinski definition) is 0. The number of pyridine rings is 2. The lowest BCUT2D eigenvalue weighted by Gasteiger charge is -2.25. The number of hydrogen-bond acceptors (Lipinski definition) is 8. The summed E-state index contributed by atoms with van der Waals surface area (Å²) in [5.74, 6) is 0. The van der Waals surface area contributed by atoms with Crippen LogP contribution in [0.1, 0.15) is 11.4 Å². The molecule has 0 N–H and O–H groups in total. The van der Waals surface area contributed by atoms with E-state index in [0.717, 1.165) is 56.6 Å². The van der Waals surface area contributed by atoms with Crippen LogP contribution in [-0.4, -0.2) is 19.9 Å². The summed E-state index contributed by atoms with van der Waals surface area (Å²) in [6.45, 7) is 0. The zero-order chi connectivity index (χ0) is 40.4. The summed E-state index contributed by atoms with van der Waals surface area (Å²) < 4.78 is 0. The number of para-hydroxylation sites is 4. The zero-order valence-corrected chi connectivity index (χ0v) is 32.1. The number of fused-ring (bicyclic) bond motifs is 6. The quantitative estimate of drug-likeness (QED) is 0.141. The number of rotatable bonds is 8. The Morgan fingerprint density at radius 1 is 0.300 bits per heavy atom. The second-order valence-corrected chi connectivity index (χ2v) is 14.1. The Hall–Kier alpha value is -8.72. The molecule has 0 aliphatic carbocycles. The fourth-order valence-electron chi connectivity index (χ4n) is 7.72. The van der Waals surface area contributed by atoms with Crippen molar-refractivity contribution in [2.24, 2.45) is 0 Å². The summed E-state index contributed by atoms with van der Waals surface area (Å²) >= 11 is 0. The van der Waals surface area contributed by atoms with Crippen molar-refractivity contribution in [2.75, 3.05) is 9.80 Å². The monoisotopic (exact) mass is 768 g/mol. The fourth-order valence-corrected chi connectivity index (χ4v) is 7.72. The second-order valence-electron chi connectivity index (χ2n) is 14.1. The number of anilines is 6. The molecule has 10 aromatic rings. The Morgan fingerprint density at radius 3 is 0.883 bits per heavy atom. The number of nitriles is 2. The van der Waals surface area contributed by atoms with E-state index >= 15 is 0 Å². The average Bonchev–Trinajstić information content (AvgIpc) is 3.33. The topological polar surface area (TPSA) is 106 Å². The fraction of sp³-hybridized carbons (Fsp3) is 0. The van der Waals surface area contributed by atoms with Gasteiger partial charge in [0.15, 0.2) is 11.4 Å². The van der Waals surface area contributed by atoms with Gasteiger partial charge in [0.05, 0.1) is 22.4 Å². The van der Waals surface area contributed by atoms with Crippen molar-refractivity contribution in [1.82, 2.24) is 19.9 Å². The molecule has 0 fully saturated rings. The Morgan fingerprint density at radius 2 is 0.583 bits per heavy atom. The van der Waals surface area contributed by atoms with Crippen LogP contribution >= 0.6 is 0 Å². The molecule has 8 nitrogen and oxygen atoms in total. The Bertz CT molecular complexity index is 2950. The number of nitrogens with zero attached hydrogens (tertiary/aromatic N) is 8. The van der Waals surface area contributed by atoms with E-state index in [-0.39, 0.29) is 11.4 Å². The average molecular weight is 769 g/mol. The highest BCUT2D eigenvalue weighted by Gasteiger charge is 2.20. The highest BCUT2D eigenvalue weighted by molar-refractivity contribution is 6.21. The largest absolute Gasteiger partial charge is 0.311 e. The molecule has 7 aromatic carbocycles. The summed E-state index contributed by atoms with van der Waals surface area (Å²) in [6, 6.07) is 69.8. The normalized spacial score (nSPS) is 11.0. The number of benzene rings is 7. The minimum Gasteiger partial charge on any atom is -0.311 e. The molecule has 10 rings (SSSR count). The van der Waals surface area contributed by atoms with Gasteiger partial charge in [0.25, 0.3) is 0 Å². The summed E-state index contributed by atoms with van der Waals surface area (Å²) in [5, 5.41) is 21.2. The molecule has 0 aliphatic rings. The first-order chi connectivity index (χ1) is 29.7. The van der Waals surface area contributed by atoms with Crippen molar-refractivity contribution in [3.63, 3.8) is 0 Å². The van der Waals surface area contributed by atoms with E-state index in [1.54, 1.807) is 0 Å². The van der Waals surface area contributed by atoms with E-state index < -0.39 is 0 Å². The Labute approximate surface area is 346 Å². The molecule has 0 spiro atoms. The van der Waals surface area contributed by atoms with Gasteiger partial charge in [-0.2, -0.15) is 10.5 Å². The van der Waals surface area contributed by atoms with Crippen LogP contribution in [0.25, 0.3) is 55.4 Å². The van der Waals surface area contributed by atoms with E-state index in [1.165, 1.54) is 0 Å². The highest BCUT2D eigenvalue weighted by atomic mass is 15.1. The van der Waals surface area contributed by atoms with E-state index in [4.69, 9.17) is 9.97 Å². The molecule has 0 bridgehead atoms. The molecular weight excluding hydrogens is 737 g/mol. The maximum Gasteiger partial charge on any atom is 0.177 e. The smallest absolute Gasteiger partial charge is 0.177 e. The molecule has 8 heteroatoms. The Kier molecular flexibility index (Phi) is 9.11. The van der Waals surface area contributed by atoms with Crippen LogP contribution in [0.4, 0.5) is 34.1 Å². The van der Waals surface area contributed by atoms with Gasteiger partial charge in [0.1, 0.15) is 23.2 Å². The summed E-state index contributed by atoms with van der Waals surface area (Å²) in [4.78, 5) is 24.3. The zero-order valence-electron chi connectivity index (χ0n) is 32.1. The van der Waals surface area contributed by atoms with Crippen LogP contribution in [0.5, 0.6) is 0 Å². The van der Waals surface area contributed by atoms with Gasteiger partial charge in [0.2, 0.25) is 0 Å². The van der Waals surface area contributed by atoms with Crippen molar-refractivity contribution < 1.29 is 0 Å².